The van der Waals surface area contributed by atoms with E-state index in [1.165, 1.54) is 7.11 Å². The monoisotopic (exact) mass is 469 g/mol. The maximum Gasteiger partial charge on any atom is 0.255 e. The van der Waals surface area contributed by atoms with Gasteiger partial charge in [0.2, 0.25) is 11.8 Å². The summed E-state index contributed by atoms with van der Waals surface area (Å²) in [5.74, 6) is 0.868. The van der Waals surface area contributed by atoms with Gasteiger partial charge in [-0.1, -0.05) is 18.2 Å². The van der Waals surface area contributed by atoms with Crippen LogP contribution < -0.4 is 30.2 Å². The fourth-order valence-corrected chi connectivity index (χ4v) is 3.48. The first kappa shape index (κ1) is 24.9. The van der Waals surface area contributed by atoms with Gasteiger partial charge in [-0.15, -0.1) is 0 Å². The Kier molecular flexibility index (Phi) is 9.57. The molecule has 0 unspecified atom stereocenters. The van der Waals surface area contributed by atoms with Crippen LogP contribution >= 0.6 is 0 Å². The number of hydrogen-bond donors (Lipinski definition) is 3. The number of hydrogen-bond acceptors (Lipinski definition) is 6. The molecule has 1 aliphatic rings. The van der Waals surface area contributed by atoms with Crippen molar-refractivity contribution in [2.45, 2.75) is 31.7 Å². The van der Waals surface area contributed by atoms with E-state index in [0.29, 0.717) is 48.6 Å². The minimum absolute atomic E-state index is 0.135. The summed E-state index contributed by atoms with van der Waals surface area (Å²) in [6.07, 6.45) is 1.91. The number of para-hydroxylation sites is 1. The van der Waals surface area contributed by atoms with Crippen molar-refractivity contribution in [1.29, 1.82) is 0 Å². The van der Waals surface area contributed by atoms with Crippen LogP contribution in [0.25, 0.3) is 0 Å². The SMILES string of the molecule is COc1ccc2c(c1)OCCNC(=O)[C@@H](NC(=O)CCOc1ccccc1)CCCCNC2=O. The zero-order valence-electron chi connectivity index (χ0n) is 19.3. The van der Waals surface area contributed by atoms with Gasteiger partial charge in [0.1, 0.15) is 29.9 Å². The van der Waals surface area contributed by atoms with Crippen LogP contribution in [-0.4, -0.2) is 57.2 Å². The zero-order valence-corrected chi connectivity index (χ0v) is 19.3. The first-order chi connectivity index (χ1) is 16.6. The van der Waals surface area contributed by atoms with Gasteiger partial charge in [0, 0.05) is 12.6 Å². The van der Waals surface area contributed by atoms with E-state index in [1.54, 1.807) is 18.2 Å². The summed E-state index contributed by atoms with van der Waals surface area (Å²) < 4.78 is 16.5. The third kappa shape index (κ3) is 7.68. The van der Waals surface area contributed by atoms with Crippen molar-refractivity contribution in [2.24, 2.45) is 0 Å². The molecule has 9 nitrogen and oxygen atoms in total. The van der Waals surface area contributed by atoms with Crippen molar-refractivity contribution in [3.05, 3.63) is 54.1 Å². The highest BCUT2D eigenvalue weighted by atomic mass is 16.5. The molecule has 0 saturated heterocycles. The predicted octanol–water partition coefficient (Wildman–Crippen LogP) is 2.06. The second kappa shape index (κ2) is 13.1. The topological polar surface area (TPSA) is 115 Å². The van der Waals surface area contributed by atoms with Crippen LogP contribution in [0, 0.1) is 0 Å². The van der Waals surface area contributed by atoms with Crippen molar-refractivity contribution < 1.29 is 28.6 Å². The number of benzene rings is 2. The Morgan fingerprint density at radius 3 is 2.68 bits per heavy atom. The molecule has 0 spiro atoms. The number of carbonyl (C=O) groups is 3. The Morgan fingerprint density at radius 1 is 1.06 bits per heavy atom. The number of amides is 3. The quantitative estimate of drug-likeness (QED) is 0.597. The average Bonchev–Trinajstić information content (AvgIpc) is 2.85. The van der Waals surface area contributed by atoms with Gasteiger partial charge < -0.3 is 30.2 Å². The van der Waals surface area contributed by atoms with Gasteiger partial charge in [0.25, 0.3) is 5.91 Å². The van der Waals surface area contributed by atoms with Gasteiger partial charge in [-0.3, -0.25) is 14.4 Å². The first-order valence-electron chi connectivity index (χ1n) is 11.4. The summed E-state index contributed by atoms with van der Waals surface area (Å²) in [7, 11) is 1.54. The molecule has 3 N–H and O–H groups in total. The lowest BCUT2D eigenvalue weighted by Crippen LogP contribution is -2.48. The fraction of sp³-hybridized carbons (Fsp3) is 0.400. The first-order valence-corrected chi connectivity index (χ1v) is 11.4. The average molecular weight is 470 g/mol. The van der Waals surface area contributed by atoms with Crippen molar-refractivity contribution in [3.8, 4) is 17.2 Å². The van der Waals surface area contributed by atoms with Gasteiger partial charge in [-0.25, -0.2) is 0 Å². The molecule has 1 heterocycles. The minimum Gasteiger partial charge on any atom is -0.497 e. The summed E-state index contributed by atoms with van der Waals surface area (Å²) >= 11 is 0. The van der Waals surface area contributed by atoms with Gasteiger partial charge in [0.05, 0.1) is 32.2 Å². The summed E-state index contributed by atoms with van der Waals surface area (Å²) in [5.41, 5.74) is 0.409. The third-order valence-corrected chi connectivity index (χ3v) is 5.29. The highest BCUT2D eigenvalue weighted by molar-refractivity contribution is 5.97. The van der Waals surface area contributed by atoms with Gasteiger partial charge in [-0.05, 0) is 43.5 Å². The Hall–Kier alpha value is -3.75. The minimum atomic E-state index is -0.671. The molecule has 0 radical (unpaired) electrons. The van der Waals surface area contributed by atoms with Crippen LogP contribution in [0.4, 0.5) is 0 Å². The second-order valence-corrected chi connectivity index (χ2v) is 7.78. The molecular weight excluding hydrogens is 438 g/mol. The number of methoxy groups -OCH3 is 1. The smallest absolute Gasteiger partial charge is 0.255 e. The molecule has 9 heteroatoms. The molecule has 0 saturated carbocycles. The lowest BCUT2D eigenvalue weighted by molar-refractivity contribution is -0.129. The Labute approximate surface area is 199 Å². The molecule has 2 aromatic carbocycles. The van der Waals surface area contributed by atoms with Gasteiger partial charge in [-0.2, -0.15) is 0 Å². The molecule has 3 rings (SSSR count). The summed E-state index contributed by atoms with van der Waals surface area (Å²) in [6.45, 7) is 1.04. The largest absolute Gasteiger partial charge is 0.497 e. The maximum absolute atomic E-state index is 12.7. The number of ether oxygens (including phenoxy) is 3. The molecule has 182 valence electrons. The van der Waals surface area contributed by atoms with E-state index >= 15 is 0 Å². The Morgan fingerprint density at radius 2 is 1.88 bits per heavy atom. The fourth-order valence-electron chi connectivity index (χ4n) is 3.48. The number of rotatable bonds is 6. The van der Waals surface area contributed by atoms with E-state index in [-0.39, 0.29) is 43.9 Å². The van der Waals surface area contributed by atoms with Gasteiger partial charge >= 0.3 is 0 Å². The predicted molar refractivity (Wildman–Crippen MR) is 126 cm³/mol. The normalized spacial score (nSPS) is 17.1. The van der Waals surface area contributed by atoms with E-state index < -0.39 is 6.04 Å². The van der Waals surface area contributed by atoms with E-state index in [4.69, 9.17) is 14.2 Å². The van der Waals surface area contributed by atoms with Crippen LogP contribution in [0.15, 0.2) is 48.5 Å². The van der Waals surface area contributed by atoms with Crippen LogP contribution in [-0.2, 0) is 9.59 Å². The second-order valence-electron chi connectivity index (χ2n) is 7.78. The summed E-state index contributed by atoms with van der Waals surface area (Å²) in [6, 6.07) is 13.6. The van der Waals surface area contributed by atoms with Crippen molar-refractivity contribution in [3.63, 3.8) is 0 Å². The zero-order chi connectivity index (χ0) is 24.2. The van der Waals surface area contributed by atoms with Crippen LogP contribution in [0.3, 0.4) is 0 Å². The molecule has 3 amide bonds. The highest BCUT2D eigenvalue weighted by Crippen LogP contribution is 2.25. The molecule has 2 aromatic rings. The third-order valence-electron chi connectivity index (χ3n) is 5.29. The molecule has 0 fully saturated rings. The Bertz CT molecular complexity index is 966. The molecule has 34 heavy (non-hydrogen) atoms. The lowest BCUT2D eigenvalue weighted by Gasteiger charge is -2.20. The lowest BCUT2D eigenvalue weighted by atomic mass is 10.1. The van der Waals surface area contributed by atoms with E-state index in [9.17, 15) is 14.4 Å². The molecule has 1 atom stereocenters. The highest BCUT2D eigenvalue weighted by Gasteiger charge is 2.21. The summed E-state index contributed by atoms with van der Waals surface area (Å²) in [5, 5.41) is 8.48. The van der Waals surface area contributed by atoms with E-state index in [2.05, 4.69) is 16.0 Å². The maximum atomic E-state index is 12.7. The van der Waals surface area contributed by atoms with Crippen LogP contribution in [0.1, 0.15) is 36.0 Å². The molecule has 0 aromatic heterocycles. The number of nitrogens with one attached hydrogen (secondary N) is 3. The number of fused-ring (bicyclic) bond motifs is 1. The molecular formula is C25H31N3O6. The van der Waals surface area contributed by atoms with Crippen LogP contribution in [0.2, 0.25) is 0 Å². The van der Waals surface area contributed by atoms with Crippen molar-refractivity contribution >= 4 is 17.7 Å². The number of carbonyl (C=O) groups excluding carboxylic acids is 3. The van der Waals surface area contributed by atoms with Gasteiger partial charge in [0.15, 0.2) is 0 Å². The molecule has 1 aliphatic heterocycles. The van der Waals surface area contributed by atoms with Crippen molar-refractivity contribution in [2.75, 3.05) is 33.4 Å². The molecule has 0 bridgehead atoms. The van der Waals surface area contributed by atoms with E-state index in [0.717, 1.165) is 0 Å². The molecule has 0 aliphatic carbocycles. The standard InChI is InChI=1S/C25H31N3O6/c1-32-19-10-11-20-22(17-19)34-16-14-27-25(31)21(9-5-6-13-26-24(20)30)28-23(29)12-15-33-18-7-3-2-4-8-18/h2-4,7-8,10-11,17,21H,5-6,9,12-16H2,1H3,(H,26,30)(H,27,31)(H,28,29)/t21-/m0/s1. The van der Waals surface area contributed by atoms with Crippen LogP contribution in [0.5, 0.6) is 17.2 Å². The van der Waals surface area contributed by atoms with Crippen molar-refractivity contribution in [1.82, 2.24) is 16.0 Å². The van der Waals surface area contributed by atoms with E-state index in [1.807, 2.05) is 30.3 Å². The Balaban J connectivity index is 1.55. The summed E-state index contributed by atoms with van der Waals surface area (Å²) in [4.78, 5) is 37.7.